The number of hydrogen-bond donors (Lipinski definition) is 1. The first-order chi connectivity index (χ1) is 7.70. The third kappa shape index (κ3) is 2.14. The largest absolute Gasteiger partial charge is 0.421 e. The molecular weight excluding hydrogens is 274 g/mol. The molecule has 0 radical (unpaired) electrons. The van der Waals surface area contributed by atoms with Crippen LogP contribution in [0.25, 0.3) is 11.0 Å². The van der Waals surface area contributed by atoms with Gasteiger partial charge in [-0.05, 0) is 12.1 Å². The third-order valence-corrected chi connectivity index (χ3v) is 2.55. The molecule has 1 N–H and O–H groups in total. The molecule has 1 aromatic carbocycles. The number of hydrogen-bond acceptors (Lipinski definition) is 3. The lowest BCUT2D eigenvalue weighted by atomic mass is 10.2. The van der Waals surface area contributed by atoms with Crippen molar-refractivity contribution in [2.24, 2.45) is 0 Å². The number of rotatable bonds is 2. The lowest BCUT2D eigenvalue weighted by molar-refractivity contribution is -0.113. The van der Waals surface area contributed by atoms with Crippen LogP contribution in [0.5, 0.6) is 0 Å². The Bertz CT molecular complexity index is 591. The summed E-state index contributed by atoms with van der Waals surface area (Å²) in [6, 6.07) is 8.72. The molecule has 0 fully saturated rings. The van der Waals surface area contributed by atoms with Crippen molar-refractivity contribution >= 4 is 38.5 Å². The van der Waals surface area contributed by atoms with Gasteiger partial charge in [0, 0.05) is 5.39 Å². The van der Waals surface area contributed by atoms with Crippen LogP contribution in [-0.2, 0) is 4.79 Å². The first-order valence-electron chi connectivity index (χ1n) is 4.59. The summed E-state index contributed by atoms with van der Waals surface area (Å²) in [5, 5.41) is 3.37. The molecule has 2 aromatic rings. The van der Waals surface area contributed by atoms with E-state index in [1.165, 1.54) is 0 Å². The van der Waals surface area contributed by atoms with Crippen LogP contribution < -0.4 is 10.9 Å². The van der Waals surface area contributed by atoms with Crippen LogP contribution in [0.3, 0.4) is 0 Å². The van der Waals surface area contributed by atoms with Crippen LogP contribution in [0, 0.1) is 0 Å². The lowest BCUT2D eigenvalue weighted by Crippen LogP contribution is -2.18. The number of halogens is 1. The summed E-state index contributed by atoms with van der Waals surface area (Å²) in [4.78, 5) is 22.6. The van der Waals surface area contributed by atoms with Crippen molar-refractivity contribution in [1.29, 1.82) is 0 Å². The Morgan fingerprint density at radius 1 is 1.38 bits per heavy atom. The molecule has 5 heteroatoms. The molecule has 2 rings (SSSR count). The van der Waals surface area contributed by atoms with E-state index in [1.807, 2.05) is 12.1 Å². The minimum Gasteiger partial charge on any atom is -0.421 e. The fourth-order valence-electron chi connectivity index (χ4n) is 1.33. The molecule has 4 nitrogen and oxygen atoms in total. The number of carbonyl (C=O) groups excluding carboxylic acids is 1. The number of amides is 1. The van der Waals surface area contributed by atoms with Gasteiger partial charge in [-0.3, -0.25) is 4.79 Å². The van der Waals surface area contributed by atoms with Gasteiger partial charge in [-0.1, -0.05) is 34.1 Å². The van der Waals surface area contributed by atoms with Crippen molar-refractivity contribution < 1.29 is 9.21 Å². The first kappa shape index (κ1) is 10.9. The predicted molar refractivity (Wildman–Crippen MR) is 64.9 cm³/mol. The summed E-state index contributed by atoms with van der Waals surface area (Å²) in [5.74, 6) is -0.289. The maximum Gasteiger partial charge on any atom is 0.360 e. The highest BCUT2D eigenvalue weighted by atomic mass is 79.9. The molecule has 0 aliphatic rings. The van der Waals surface area contributed by atoms with E-state index in [0.717, 1.165) is 5.39 Å². The summed E-state index contributed by atoms with van der Waals surface area (Å²) < 4.78 is 5.05. The van der Waals surface area contributed by atoms with Crippen molar-refractivity contribution in [2.75, 3.05) is 10.6 Å². The maximum absolute atomic E-state index is 11.5. The van der Waals surface area contributed by atoms with Crippen LogP contribution in [0.15, 0.2) is 39.5 Å². The fourth-order valence-corrected chi connectivity index (χ4v) is 1.47. The molecule has 16 heavy (non-hydrogen) atoms. The van der Waals surface area contributed by atoms with Crippen molar-refractivity contribution in [3.63, 3.8) is 0 Å². The van der Waals surface area contributed by atoms with E-state index in [2.05, 4.69) is 21.2 Å². The van der Waals surface area contributed by atoms with E-state index in [4.69, 9.17) is 4.42 Å². The third-order valence-electron chi connectivity index (χ3n) is 2.04. The smallest absolute Gasteiger partial charge is 0.360 e. The van der Waals surface area contributed by atoms with E-state index >= 15 is 0 Å². The quantitative estimate of drug-likeness (QED) is 0.678. The SMILES string of the molecule is O=C(CBr)Nc1cc2ccccc2oc1=O. The van der Waals surface area contributed by atoms with E-state index in [1.54, 1.807) is 18.2 Å². The molecule has 0 spiro atoms. The summed E-state index contributed by atoms with van der Waals surface area (Å²) in [6.07, 6.45) is 0. The highest BCUT2D eigenvalue weighted by molar-refractivity contribution is 9.09. The molecule has 0 saturated heterocycles. The number of nitrogens with one attached hydrogen (secondary N) is 1. The normalized spacial score (nSPS) is 10.3. The van der Waals surface area contributed by atoms with Crippen molar-refractivity contribution in [2.45, 2.75) is 0 Å². The molecular formula is C11H8BrNO3. The predicted octanol–water partition coefficient (Wildman–Crippen LogP) is 2.13. The molecule has 1 aromatic heterocycles. The molecule has 0 aliphatic heterocycles. The number of para-hydroxylation sites is 1. The Labute approximate surface area is 99.4 Å². The monoisotopic (exact) mass is 281 g/mol. The zero-order chi connectivity index (χ0) is 11.5. The Kier molecular flexibility index (Phi) is 3.05. The Morgan fingerprint density at radius 2 is 2.12 bits per heavy atom. The molecule has 1 heterocycles. The van der Waals surface area contributed by atoms with Gasteiger partial charge in [-0.15, -0.1) is 0 Å². The molecule has 0 atom stereocenters. The molecule has 0 saturated carbocycles. The molecule has 0 aliphatic carbocycles. The standard InChI is InChI=1S/C11H8BrNO3/c12-6-10(14)13-8-5-7-3-1-2-4-9(7)16-11(8)15/h1-5H,6H2,(H,13,14). The average Bonchev–Trinajstić information content (AvgIpc) is 2.30. The van der Waals surface area contributed by atoms with Crippen molar-refractivity contribution in [1.82, 2.24) is 0 Å². The van der Waals surface area contributed by atoms with Crippen LogP contribution in [-0.4, -0.2) is 11.2 Å². The molecule has 0 bridgehead atoms. The van der Waals surface area contributed by atoms with Gasteiger partial charge in [0.15, 0.2) is 0 Å². The number of alkyl halides is 1. The zero-order valence-corrected chi connectivity index (χ0v) is 9.78. The van der Waals surface area contributed by atoms with Crippen LogP contribution in [0.2, 0.25) is 0 Å². The van der Waals surface area contributed by atoms with E-state index in [9.17, 15) is 9.59 Å². The Hall–Kier alpha value is -1.62. The number of carbonyl (C=O) groups is 1. The van der Waals surface area contributed by atoms with Gasteiger partial charge in [0.25, 0.3) is 0 Å². The topological polar surface area (TPSA) is 59.3 Å². The minimum atomic E-state index is -0.548. The van der Waals surface area contributed by atoms with Gasteiger partial charge >= 0.3 is 5.63 Å². The molecule has 82 valence electrons. The highest BCUT2D eigenvalue weighted by Crippen LogP contribution is 2.14. The second kappa shape index (κ2) is 4.49. The molecule has 1 amide bonds. The Balaban J connectivity index is 2.50. The lowest BCUT2D eigenvalue weighted by Gasteiger charge is -2.02. The summed E-state index contributed by atoms with van der Waals surface area (Å²) >= 11 is 3.00. The van der Waals surface area contributed by atoms with Gasteiger partial charge in [-0.25, -0.2) is 4.79 Å². The van der Waals surface area contributed by atoms with E-state index < -0.39 is 5.63 Å². The zero-order valence-electron chi connectivity index (χ0n) is 8.20. The van der Waals surface area contributed by atoms with Crippen molar-refractivity contribution in [3.05, 3.63) is 40.8 Å². The number of fused-ring (bicyclic) bond motifs is 1. The Morgan fingerprint density at radius 3 is 2.88 bits per heavy atom. The van der Waals surface area contributed by atoms with Gasteiger partial charge in [0.1, 0.15) is 11.3 Å². The summed E-state index contributed by atoms with van der Waals surface area (Å²) in [7, 11) is 0. The van der Waals surface area contributed by atoms with Crippen LogP contribution in [0.1, 0.15) is 0 Å². The van der Waals surface area contributed by atoms with Gasteiger partial charge in [0.2, 0.25) is 5.91 Å². The molecule has 0 unspecified atom stereocenters. The van der Waals surface area contributed by atoms with Gasteiger partial charge in [0.05, 0.1) is 5.33 Å². The van der Waals surface area contributed by atoms with E-state index in [0.29, 0.717) is 5.58 Å². The fraction of sp³-hybridized carbons (Fsp3) is 0.0909. The second-order valence-electron chi connectivity index (χ2n) is 3.17. The number of benzene rings is 1. The van der Waals surface area contributed by atoms with Crippen molar-refractivity contribution in [3.8, 4) is 0 Å². The summed E-state index contributed by atoms with van der Waals surface area (Å²) in [6.45, 7) is 0. The van der Waals surface area contributed by atoms with E-state index in [-0.39, 0.29) is 16.9 Å². The van der Waals surface area contributed by atoms with Crippen LogP contribution >= 0.6 is 15.9 Å². The second-order valence-corrected chi connectivity index (χ2v) is 3.73. The summed E-state index contributed by atoms with van der Waals surface area (Å²) in [5.41, 5.74) is 0.112. The van der Waals surface area contributed by atoms with Gasteiger partial charge in [-0.2, -0.15) is 0 Å². The van der Waals surface area contributed by atoms with Gasteiger partial charge < -0.3 is 9.73 Å². The average molecular weight is 282 g/mol. The first-order valence-corrected chi connectivity index (χ1v) is 5.71. The van der Waals surface area contributed by atoms with Crippen LogP contribution in [0.4, 0.5) is 5.69 Å². The highest BCUT2D eigenvalue weighted by Gasteiger charge is 2.07. The maximum atomic E-state index is 11.5. The number of anilines is 1. The minimum absolute atomic E-state index is 0.138.